The maximum absolute atomic E-state index is 5.37. The summed E-state index contributed by atoms with van der Waals surface area (Å²) in [6.07, 6.45) is 6.41. The summed E-state index contributed by atoms with van der Waals surface area (Å²) in [5.41, 5.74) is 8.02. The van der Waals surface area contributed by atoms with Crippen molar-refractivity contribution >= 4 is 0 Å². The third kappa shape index (κ3) is 3.99. The Morgan fingerprint density at radius 3 is 2.39 bits per heavy atom. The first kappa shape index (κ1) is 15.0. The quantitative estimate of drug-likeness (QED) is 0.413. The van der Waals surface area contributed by atoms with Gasteiger partial charge in [-0.2, -0.15) is 0 Å². The van der Waals surface area contributed by atoms with Crippen molar-refractivity contribution in [3.05, 3.63) is 40.7 Å². The average Bonchev–Trinajstić information content (AvgIpc) is 2.38. The average molecular weight is 248 g/mol. The van der Waals surface area contributed by atoms with Gasteiger partial charge in [-0.1, -0.05) is 6.58 Å². The third-order valence-electron chi connectivity index (χ3n) is 3.37. The summed E-state index contributed by atoms with van der Waals surface area (Å²) in [6, 6.07) is 0. The molecule has 0 fully saturated rings. The van der Waals surface area contributed by atoms with Crippen LogP contribution in [0.2, 0.25) is 0 Å². The van der Waals surface area contributed by atoms with Gasteiger partial charge in [-0.15, -0.1) is 5.73 Å². The van der Waals surface area contributed by atoms with E-state index < -0.39 is 0 Å². The second-order valence-electron chi connectivity index (χ2n) is 4.75. The molecule has 1 aliphatic rings. The Balaban J connectivity index is 3.06. The first-order valence-corrected chi connectivity index (χ1v) is 6.46. The summed E-state index contributed by atoms with van der Waals surface area (Å²) < 4.78 is 10.7. The lowest BCUT2D eigenvalue weighted by molar-refractivity contribution is -0.0778. The van der Waals surface area contributed by atoms with Gasteiger partial charge in [-0.05, 0) is 67.9 Å². The van der Waals surface area contributed by atoms with Gasteiger partial charge in [-0.3, -0.25) is 0 Å². The zero-order valence-corrected chi connectivity index (χ0v) is 12.0. The highest BCUT2D eigenvalue weighted by Crippen LogP contribution is 2.29. The predicted molar refractivity (Wildman–Crippen MR) is 75.4 cm³/mol. The van der Waals surface area contributed by atoms with Crippen LogP contribution in [0.5, 0.6) is 0 Å². The van der Waals surface area contributed by atoms with E-state index in [1.807, 2.05) is 13.8 Å². The molecule has 0 aromatic heterocycles. The van der Waals surface area contributed by atoms with Crippen LogP contribution in [0.1, 0.15) is 39.5 Å². The SMILES string of the molecule is C=C(C)C(C)=C=CC1=C(C(OC)OC)CCCC1. The van der Waals surface area contributed by atoms with Crippen molar-refractivity contribution in [2.75, 3.05) is 14.2 Å². The molecule has 2 heteroatoms. The summed E-state index contributed by atoms with van der Waals surface area (Å²) in [4.78, 5) is 0. The van der Waals surface area contributed by atoms with Crippen molar-refractivity contribution in [2.24, 2.45) is 0 Å². The summed E-state index contributed by atoms with van der Waals surface area (Å²) in [7, 11) is 3.37. The molecule has 0 amide bonds. The van der Waals surface area contributed by atoms with E-state index >= 15 is 0 Å². The van der Waals surface area contributed by atoms with Crippen molar-refractivity contribution in [2.45, 2.75) is 45.8 Å². The molecular weight excluding hydrogens is 224 g/mol. The summed E-state index contributed by atoms with van der Waals surface area (Å²) in [5, 5.41) is 0. The molecule has 18 heavy (non-hydrogen) atoms. The Hall–Kier alpha value is -1.08. The second-order valence-corrected chi connectivity index (χ2v) is 4.75. The molecule has 100 valence electrons. The zero-order valence-electron chi connectivity index (χ0n) is 12.0. The lowest BCUT2D eigenvalue weighted by Gasteiger charge is -2.23. The molecule has 0 aromatic carbocycles. The van der Waals surface area contributed by atoms with E-state index in [0.717, 1.165) is 24.0 Å². The molecule has 0 saturated heterocycles. The fraction of sp³-hybridized carbons (Fsp3) is 0.562. The smallest absolute Gasteiger partial charge is 0.179 e. The van der Waals surface area contributed by atoms with Crippen molar-refractivity contribution in [1.82, 2.24) is 0 Å². The number of hydrogen-bond donors (Lipinski definition) is 0. The van der Waals surface area contributed by atoms with Crippen LogP contribution in [0, 0.1) is 0 Å². The number of rotatable bonds is 5. The largest absolute Gasteiger partial charge is 0.352 e. The number of methoxy groups -OCH3 is 2. The van der Waals surface area contributed by atoms with E-state index in [-0.39, 0.29) is 6.29 Å². The lowest BCUT2D eigenvalue weighted by Crippen LogP contribution is -2.19. The summed E-state index contributed by atoms with van der Waals surface area (Å²) >= 11 is 0. The highest BCUT2D eigenvalue weighted by atomic mass is 16.7. The van der Waals surface area contributed by atoms with Gasteiger partial charge in [0.1, 0.15) is 0 Å². The van der Waals surface area contributed by atoms with Crippen LogP contribution in [0.15, 0.2) is 40.7 Å². The third-order valence-corrected chi connectivity index (χ3v) is 3.37. The van der Waals surface area contributed by atoms with Crippen molar-refractivity contribution in [3.63, 3.8) is 0 Å². The van der Waals surface area contributed by atoms with Gasteiger partial charge in [0, 0.05) is 14.2 Å². The van der Waals surface area contributed by atoms with Gasteiger partial charge in [0.05, 0.1) is 0 Å². The predicted octanol–water partition coefficient (Wildman–Crippen LogP) is 4.15. The maximum atomic E-state index is 5.37. The first-order valence-electron chi connectivity index (χ1n) is 6.46. The minimum absolute atomic E-state index is 0.219. The topological polar surface area (TPSA) is 18.5 Å². The molecule has 0 saturated carbocycles. The van der Waals surface area contributed by atoms with Gasteiger partial charge in [0.15, 0.2) is 6.29 Å². The Labute approximate surface area is 111 Å². The normalized spacial score (nSPS) is 15.6. The standard InChI is InChI=1S/C16H24O2/c1-12(2)13(3)10-11-14-8-6-7-9-15(14)16(17-4)18-5/h11,16H,1,6-9H2,2-5H3. The zero-order chi connectivity index (χ0) is 13.5. The molecule has 0 unspecified atom stereocenters. The lowest BCUT2D eigenvalue weighted by atomic mass is 9.91. The molecule has 0 aliphatic heterocycles. The molecule has 0 atom stereocenters. The van der Waals surface area contributed by atoms with Gasteiger partial charge >= 0.3 is 0 Å². The second kappa shape index (κ2) is 7.38. The summed E-state index contributed by atoms with van der Waals surface area (Å²) in [5.74, 6) is 0. The van der Waals surface area contributed by atoms with Gasteiger partial charge in [-0.25, -0.2) is 0 Å². The molecule has 0 radical (unpaired) electrons. The minimum atomic E-state index is -0.219. The number of hydrogen-bond acceptors (Lipinski definition) is 2. The Kier molecular flexibility index (Phi) is 6.14. The van der Waals surface area contributed by atoms with Gasteiger partial charge < -0.3 is 9.47 Å². The molecule has 1 rings (SSSR count). The fourth-order valence-electron chi connectivity index (χ4n) is 2.09. The van der Waals surface area contributed by atoms with E-state index in [1.54, 1.807) is 14.2 Å². The van der Waals surface area contributed by atoms with E-state index in [1.165, 1.54) is 24.0 Å². The van der Waals surface area contributed by atoms with Crippen LogP contribution in [0.25, 0.3) is 0 Å². The van der Waals surface area contributed by atoms with Crippen LogP contribution in [0.4, 0.5) is 0 Å². The first-order chi connectivity index (χ1) is 8.60. The van der Waals surface area contributed by atoms with Crippen molar-refractivity contribution in [1.29, 1.82) is 0 Å². The number of ether oxygens (including phenoxy) is 2. The number of allylic oxidation sites excluding steroid dienone is 3. The minimum Gasteiger partial charge on any atom is -0.352 e. The Morgan fingerprint density at radius 2 is 1.83 bits per heavy atom. The van der Waals surface area contributed by atoms with Crippen LogP contribution < -0.4 is 0 Å². The molecule has 0 heterocycles. The highest BCUT2D eigenvalue weighted by molar-refractivity contribution is 5.32. The van der Waals surface area contributed by atoms with Crippen LogP contribution >= 0.6 is 0 Å². The molecule has 0 aromatic rings. The Morgan fingerprint density at radius 1 is 1.22 bits per heavy atom. The van der Waals surface area contributed by atoms with E-state index in [0.29, 0.717) is 0 Å². The molecule has 0 bridgehead atoms. The fourth-order valence-corrected chi connectivity index (χ4v) is 2.09. The molecule has 0 spiro atoms. The van der Waals surface area contributed by atoms with E-state index in [9.17, 15) is 0 Å². The molecule has 0 N–H and O–H groups in total. The molecule has 2 nitrogen and oxygen atoms in total. The summed E-state index contributed by atoms with van der Waals surface area (Å²) in [6.45, 7) is 7.95. The van der Waals surface area contributed by atoms with Crippen molar-refractivity contribution in [3.8, 4) is 0 Å². The monoisotopic (exact) mass is 248 g/mol. The van der Waals surface area contributed by atoms with Gasteiger partial charge in [0.2, 0.25) is 0 Å². The van der Waals surface area contributed by atoms with Gasteiger partial charge in [0.25, 0.3) is 0 Å². The highest BCUT2D eigenvalue weighted by Gasteiger charge is 2.19. The van der Waals surface area contributed by atoms with Crippen molar-refractivity contribution < 1.29 is 9.47 Å². The van der Waals surface area contributed by atoms with E-state index in [4.69, 9.17) is 9.47 Å². The molecular formula is C16H24O2. The van der Waals surface area contributed by atoms with Crippen LogP contribution in [-0.4, -0.2) is 20.5 Å². The Bertz CT molecular complexity index is 391. The maximum Gasteiger partial charge on any atom is 0.179 e. The van der Waals surface area contributed by atoms with Crippen LogP contribution in [0.3, 0.4) is 0 Å². The van der Waals surface area contributed by atoms with Crippen LogP contribution in [-0.2, 0) is 9.47 Å². The van der Waals surface area contributed by atoms with E-state index in [2.05, 4.69) is 18.4 Å². The molecule has 1 aliphatic carbocycles.